The molecule has 0 aliphatic rings. The van der Waals surface area contributed by atoms with Gasteiger partial charge in [-0.05, 0) is 35.4 Å². The third-order valence-corrected chi connectivity index (χ3v) is 4.79. The molecule has 0 atom stereocenters. The summed E-state index contributed by atoms with van der Waals surface area (Å²) >= 11 is 0. The van der Waals surface area contributed by atoms with Crippen molar-refractivity contribution in [3.05, 3.63) is 99.6 Å². The molecule has 36 heavy (non-hydrogen) atoms. The maximum Gasteiger partial charge on any atom is 0.349 e. The first-order valence-electron chi connectivity index (χ1n) is 10.6. The van der Waals surface area contributed by atoms with Gasteiger partial charge in [0.05, 0.1) is 12.0 Å². The first-order chi connectivity index (χ1) is 17.4. The molecule has 0 fully saturated rings. The lowest BCUT2D eigenvalue weighted by Crippen LogP contribution is -2.23. The van der Waals surface area contributed by atoms with E-state index in [-0.39, 0.29) is 35.1 Å². The number of para-hydroxylation sites is 2. The van der Waals surface area contributed by atoms with E-state index in [1.54, 1.807) is 6.07 Å². The highest BCUT2D eigenvalue weighted by Gasteiger charge is 2.17. The number of esters is 1. The van der Waals surface area contributed by atoms with Crippen molar-refractivity contribution >= 4 is 23.6 Å². The van der Waals surface area contributed by atoms with Crippen molar-refractivity contribution in [3.63, 3.8) is 0 Å². The van der Waals surface area contributed by atoms with E-state index in [1.807, 2.05) is 36.4 Å². The SMILES string of the molecule is COc1cc(/C=C(\C#N)C(=O)NCc2ccccc2)ccc1OC(=O)COc1ccccc1[N+](=O)[O-]. The molecule has 0 heterocycles. The molecule has 0 bridgehead atoms. The van der Waals surface area contributed by atoms with Gasteiger partial charge in [0.2, 0.25) is 0 Å². The number of ether oxygens (including phenoxy) is 3. The summed E-state index contributed by atoms with van der Waals surface area (Å²) in [6, 6.07) is 21.3. The molecule has 3 aromatic carbocycles. The van der Waals surface area contributed by atoms with Crippen molar-refractivity contribution in [2.75, 3.05) is 13.7 Å². The molecule has 1 amide bonds. The maximum absolute atomic E-state index is 12.4. The minimum absolute atomic E-state index is 0.0675. The number of nitrogens with zero attached hydrogens (tertiary/aromatic N) is 2. The summed E-state index contributed by atoms with van der Waals surface area (Å²) < 4.78 is 15.7. The minimum Gasteiger partial charge on any atom is -0.493 e. The van der Waals surface area contributed by atoms with Crippen LogP contribution in [0.4, 0.5) is 5.69 Å². The fourth-order valence-corrected chi connectivity index (χ4v) is 3.07. The molecule has 0 aliphatic carbocycles. The monoisotopic (exact) mass is 487 g/mol. The summed E-state index contributed by atoms with van der Waals surface area (Å²) in [5.74, 6) is -1.18. The molecule has 3 rings (SSSR count). The first kappa shape index (κ1) is 25.5. The van der Waals surface area contributed by atoms with Crippen molar-refractivity contribution in [1.82, 2.24) is 5.32 Å². The van der Waals surface area contributed by atoms with Gasteiger partial charge in [0, 0.05) is 12.6 Å². The van der Waals surface area contributed by atoms with Crippen molar-refractivity contribution in [2.24, 2.45) is 0 Å². The van der Waals surface area contributed by atoms with E-state index in [0.717, 1.165) is 5.56 Å². The first-order valence-corrected chi connectivity index (χ1v) is 10.6. The van der Waals surface area contributed by atoms with Crippen LogP contribution in [0.25, 0.3) is 6.08 Å². The molecule has 0 saturated carbocycles. The predicted molar refractivity (Wildman–Crippen MR) is 129 cm³/mol. The highest BCUT2D eigenvalue weighted by atomic mass is 16.6. The Balaban J connectivity index is 1.66. The molecule has 182 valence electrons. The summed E-state index contributed by atoms with van der Waals surface area (Å²) in [6.45, 7) is -0.305. The maximum atomic E-state index is 12.4. The molecule has 0 spiro atoms. The van der Waals surface area contributed by atoms with E-state index in [2.05, 4.69) is 5.32 Å². The number of benzene rings is 3. The van der Waals surface area contributed by atoms with Gasteiger partial charge in [0.1, 0.15) is 11.6 Å². The number of carbonyl (C=O) groups is 2. The molecule has 10 nitrogen and oxygen atoms in total. The summed E-state index contributed by atoms with van der Waals surface area (Å²) in [5, 5.41) is 23.2. The highest BCUT2D eigenvalue weighted by molar-refractivity contribution is 6.01. The van der Waals surface area contributed by atoms with Gasteiger partial charge in [-0.15, -0.1) is 0 Å². The summed E-state index contributed by atoms with van der Waals surface area (Å²) in [5.41, 5.74) is 0.965. The van der Waals surface area contributed by atoms with Crippen LogP contribution in [-0.2, 0) is 16.1 Å². The van der Waals surface area contributed by atoms with Crippen LogP contribution in [0.3, 0.4) is 0 Å². The summed E-state index contributed by atoms with van der Waals surface area (Å²) in [4.78, 5) is 35.1. The number of nitro benzene ring substituents is 1. The molecular formula is C26H21N3O7. The smallest absolute Gasteiger partial charge is 0.349 e. The van der Waals surface area contributed by atoms with E-state index in [9.17, 15) is 25.0 Å². The molecule has 0 saturated heterocycles. The van der Waals surface area contributed by atoms with Crippen LogP contribution >= 0.6 is 0 Å². The number of nitro groups is 1. The van der Waals surface area contributed by atoms with Gasteiger partial charge in [-0.2, -0.15) is 5.26 Å². The van der Waals surface area contributed by atoms with Crippen LogP contribution in [0, 0.1) is 21.4 Å². The zero-order chi connectivity index (χ0) is 25.9. The lowest BCUT2D eigenvalue weighted by atomic mass is 10.1. The number of amides is 1. The van der Waals surface area contributed by atoms with Gasteiger partial charge in [-0.3, -0.25) is 14.9 Å². The van der Waals surface area contributed by atoms with E-state index >= 15 is 0 Å². The average Bonchev–Trinajstić information content (AvgIpc) is 2.90. The zero-order valence-corrected chi connectivity index (χ0v) is 19.2. The van der Waals surface area contributed by atoms with Crippen molar-refractivity contribution in [1.29, 1.82) is 5.26 Å². The van der Waals surface area contributed by atoms with Gasteiger partial charge in [0.15, 0.2) is 23.9 Å². The van der Waals surface area contributed by atoms with Crippen molar-refractivity contribution in [2.45, 2.75) is 6.54 Å². The normalized spacial score (nSPS) is 10.6. The number of carbonyl (C=O) groups excluding carboxylic acids is 2. The Kier molecular flexibility index (Phi) is 8.72. The number of methoxy groups -OCH3 is 1. The Labute approximate surface area is 206 Å². The molecular weight excluding hydrogens is 466 g/mol. The summed E-state index contributed by atoms with van der Waals surface area (Å²) in [6.07, 6.45) is 1.38. The second-order valence-corrected chi connectivity index (χ2v) is 7.24. The number of nitrogens with one attached hydrogen (secondary N) is 1. The van der Waals surface area contributed by atoms with E-state index < -0.39 is 23.4 Å². The van der Waals surface area contributed by atoms with Gasteiger partial charge >= 0.3 is 11.7 Å². The fourth-order valence-electron chi connectivity index (χ4n) is 3.07. The minimum atomic E-state index is -0.812. The lowest BCUT2D eigenvalue weighted by molar-refractivity contribution is -0.385. The largest absolute Gasteiger partial charge is 0.493 e. The van der Waals surface area contributed by atoms with Crippen LogP contribution in [0.15, 0.2) is 78.4 Å². The molecule has 0 aliphatic heterocycles. The Bertz CT molecular complexity index is 1330. The number of rotatable bonds is 10. The molecule has 0 unspecified atom stereocenters. The van der Waals surface area contributed by atoms with Crippen LogP contribution < -0.4 is 19.5 Å². The molecule has 1 N–H and O–H groups in total. The number of nitriles is 1. The average molecular weight is 487 g/mol. The van der Waals surface area contributed by atoms with Crippen LogP contribution in [0.2, 0.25) is 0 Å². The van der Waals surface area contributed by atoms with E-state index in [4.69, 9.17) is 14.2 Å². The number of hydrogen-bond acceptors (Lipinski definition) is 8. The zero-order valence-electron chi connectivity index (χ0n) is 19.2. The van der Waals surface area contributed by atoms with Gasteiger partial charge in [-0.25, -0.2) is 4.79 Å². The van der Waals surface area contributed by atoms with E-state index in [0.29, 0.717) is 5.56 Å². The van der Waals surface area contributed by atoms with Crippen LogP contribution in [0.5, 0.6) is 17.2 Å². The standard InChI is InChI=1S/C26H21N3O7/c1-34-24-14-19(13-20(15-27)26(31)28-16-18-7-3-2-4-8-18)11-12-23(24)36-25(30)17-35-22-10-6-5-9-21(22)29(32)33/h2-14H,16-17H2,1H3,(H,28,31)/b20-13+. The third-order valence-electron chi connectivity index (χ3n) is 4.79. The topological polar surface area (TPSA) is 141 Å². The number of hydrogen-bond donors (Lipinski definition) is 1. The van der Waals surface area contributed by atoms with Crippen molar-refractivity contribution < 1.29 is 28.7 Å². The van der Waals surface area contributed by atoms with Crippen LogP contribution in [0.1, 0.15) is 11.1 Å². The highest BCUT2D eigenvalue weighted by Crippen LogP contribution is 2.30. The molecule has 0 radical (unpaired) electrons. The Morgan fingerprint density at radius 2 is 1.75 bits per heavy atom. The van der Waals surface area contributed by atoms with Crippen molar-refractivity contribution in [3.8, 4) is 23.3 Å². The second-order valence-electron chi connectivity index (χ2n) is 7.24. The summed E-state index contributed by atoms with van der Waals surface area (Å²) in [7, 11) is 1.36. The Morgan fingerprint density at radius 1 is 1.03 bits per heavy atom. The lowest BCUT2D eigenvalue weighted by Gasteiger charge is -2.11. The Morgan fingerprint density at radius 3 is 2.44 bits per heavy atom. The third kappa shape index (κ3) is 6.91. The molecule has 3 aromatic rings. The molecule has 10 heteroatoms. The second kappa shape index (κ2) is 12.3. The Hall–Kier alpha value is -5.17. The van der Waals surface area contributed by atoms with Gasteiger partial charge in [0.25, 0.3) is 5.91 Å². The quantitative estimate of drug-likeness (QED) is 0.114. The fraction of sp³-hybridized carbons (Fsp3) is 0.115. The molecule has 0 aromatic heterocycles. The van der Waals surface area contributed by atoms with Gasteiger partial charge < -0.3 is 19.5 Å². The van der Waals surface area contributed by atoms with E-state index in [1.165, 1.54) is 49.6 Å². The predicted octanol–water partition coefficient (Wildman–Crippen LogP) is 3.81. The van der Waals surface area contributed by atoms with Gasteiger partial charge in [-0.1, -0.05) is 48.5 Å². The van der Waals surface area contributed by atoms with Crippen LogP contribution in [-0.4, -0.2) is 30.5 Å².